The van der Waals surface area contributed by atoms with Gasteiger partial charge in [-0.2, -0.15) is 0 Å². The van der Waals surface area contributed by atoms with E-state index in [0.717, 1.165) is 30.1 Å². The average molecular weight is 485 g/mol. The van der Waals surface area contributed by atoms with Crippen LogP contribution in [0.2, 0.25) is 0 Å². The molecular formula is C27H33O2PS2. The highest BCUT2D eigenvalue weighted by atomic mass is 32.9. The van der Waals surface area contributed by atoms with Crippen molar-refractivity contribution < 1.29 is 9.05 Å². The minimum absolute atomic E-state index is 0.474. The third-order valence-corrected chi connectivity index (χ3v) is 10.6. The van der Waals surface area contributed by atoms with Crippen molar-refractivity contribution in [2.75, 3.05) is 0 Å². The number of hydrogen-bond donors (Lipinski definition) is 0. The van der Waals surface area contributed by atoms with Crippen LogP contribution in [0.1, 0.15) is 69.1 Å². The van der Waals surface area contributed by atoms with Crippen LogP contribution in [0.4, 0.5) is 0 Å². The summed E-state index contributed by atoms with van der Waals surface area (Å²) in [5, 5.41) is 0. The van der Waals surface area contributed by atoms with Crippen LogP contribution in [-0.2, 0) is 17.6 Å². The zero-order chi connectivity index (χ0) is 23.0. The Hall–Kier alpha value is -1.74. The van der Waals surface area contributed by atoms with Gasteiger partial charge in [-0.3, -0.25) is 0 Å². The Morgan fingerprint density at radius 1 is 0.750 bits per heavy atom. The normalized spacial score (nSPS) is 14.9. The summed E-state index contributed by atoms with van der Waals surface area (Å²) in [6.07, 6.45) is 2.17. The summed E-state index contributed by atoms with van der Waals surface area (Å²) in [5.41, 5.74) is 1.04. The third kappa shape index (κ3) is 7.13. The fourth-order valence-corrected chi connectivity index (χ4v) is 7.42. The van der Waals surface area contributed by atoms with E-state index in [9.17, 15) is 0 Å². The molecule has 0 amide bonds. The maximum atomic E-state index is 6.46. The SMILES string of the molecule is CCC(C)c1cccc(OP(=S)(Oc2cccc(C(C)CC)c2)SCc2ccccc2)c1. The molecule has 0 heterocycles. The standard InChI is InChI=1S/C27H33O2PS2/c1-5-21(3)24-14-10-16-26(18-24)28-30(31,32-20-23-12-8-7-9-13-23)29-27-17-11-15-25(19-27)22(4)6-2/h7-19,21-22H,5-6,20H2,1-4H3. The minimum atomic E-state index is -2.70. The van der Waals surface area contributed by atoms with Crippen LogP contribution in [0, 0.1) is 0 Å². The van der Waals surface area contributed by atoms with E-state index in [4.69, 9.17) is 20.9 Å². The highest BCUT2D eigenvalue weighted by Crippen LogP contribution is 2.61. The van der Waals surface area contributed by atoms with Gasteiger partial charge in [0.05, 0.1) is 0 Å². The van der Waals surface area contributed by atoms with Crippen molar-refractivity contribution in [3.63, 3.8) is 0 Å². The average Bonchev–Trinajstić information content (AvgIpc) is 2.82. The van der Waals surface area contributed by atoms with Gasteiger partial charge in [-0.15, -0.1) is 0 Å². The fraction of sp³-hybridized carbons (Fsp3) is 0.333. The van der Waals surface area contributed by atoms with Gasteiger partial charge in [0, 0.05) is 5.75 Å². The molecule has 2 unspecified atom stereocenters. The van der Waals surface area contributed by atoms with Crippen molar-refractivity contribution in [1.82, 2.24) is 0 Å². The maximum Gasteiger partial charge on any atom is 0.348 e. The number of benzene rings is 3. The van der Waals surface area contributed by atoms with Gasteiger partial charge in [-0.1, -0.05) is 82.3 Å². The van der Waals surface area contributed by atoms with Gasteiger partial charge in [-0.25, -0.2) is 0 Å². The van der Waals surface area contributed by atoms with E-state index in [1.54, 1.807) is 11.4 Å². The van der Waals surface area contributed by atoms with Crippen molar-refractivity contribution in [2.45, 2.75) is 58.1 Å². The molecule has 3 aromatic carbocycles. The lowest BCUT2D eigenvalue weighted by Gasteiger charge is -2.24. The van der Waals surface area contributed by atoms with Crippen LogP contribution >= 0.6 is 17.1 Å². The Kier molecular flexibility index (Phi) is 9.28. The molecule has 3 aromatic rings. The van der Waals surface area contributed by atoms with Gasteiger partial charge in [0.25, 0.3) is 0 Å². The smallest absolute Gasteiger partial charge is 0.348 e. The monoisotopic (exact) mass is 484 g/mol. The lowest BCUT2D eigenvalue weighted by Crippen LogP contribution is -2.00. The largest absolute Gasteiger partial charge is 0.428 e. The highest BCUT2D eigenvalue weighted by Gasteiger charge is 2.25. The molecule has 0 bridgehead atoms. The third-order valence-electron chi connectivity index (χ3n) is 5.75. The van der Waals surface area contributed by atoms with Gasteiger partial charge in [0.15, 0.2) is 0 Å². The van der Waals surface area contributed by atoms with Crippen molar-refractivity contribution >= 4 is 28.9 Å². The Bertz CT molecular complexity index is 979. The van der Waals surface area contributed by atoms with Gasteiger partial charge in [-0.05, 0) is 88.8 Å². The van der Waals surface area contributed by atoms with Crippen LogP contribution in [0.15, 0.2) is 78.9 Å². The van der Waals surface area contributed by atoms with Crippen LogP contribution < -0.4 is 9.05 Å². The zero-order valence-corrected chi connectivity index (χ0v) is 21.9. The second-order valence-corrected chi connectivity index (χ2v) is 14.3. The van der Waals surface area contributed by atoms with Gasteiger partial charge in [0.2, 0.25) is 0 Å². The molecule has 3 rings (SSSR count). The topological polar surface area (TPSA) is 18.5 Å². The first kappa shape index (κ1) is 24.9. The van der Waals surface area contributed by atoms with Gasteiger partial charge < -0.3 is 9.05 Å². The maximum absolute atomic E-state index is 6.46. The predicted molar refractivity (Wildman–Crippen MR) is 144 cm³/mol. The Morgan fingerprint density at radius 3 is 1.72 bits per heavy atom. The summed E-state index contributed by atoms with van der Waals surface area (Å²) < 4.78 is 12.9. The molecule has 0 saturated carbocycles. The van der Waals surface area contributed by atoms with E-state index in [2.05, 4.69) is 64.1 Å². The van der Waals surface area contributed by atoms with Crippen LogP contribution in [-0.4, -0.2) is 0 Å². The van der Waals surface area contributed by atoms with E-state index >= 15 is 0 Å². The molecule has 170 valence electrons. The molecule has 0 aliphatic rings. The molecule has 2 nitrogen and oxygen atoms in total. The fourth-order valence-electron chi connectivity index (χ4n) is 3.28. The van der Waals surface area contributed by atoms with Gasteiger partial charge in [0.1, 0.15) is 11.5 Å². The van der Waals surface area contributed by atoms with E-state index in [1.807, 2.05) is 42.5 Å². The van der Waals surface area contributed by atoms with Crippen LogP contribution in [0.5, 0.6) is 11.5 Å². The summed E-state index contributed by atoms with van der Waals surface area (Å²) in [7, 11) is 0. The van der Waals surface area contributed by atoms with E-state index in [0.29, 0.717) is 11.8 Å². The van der Waals surface area contributed by atoms with Gasteiger partial charge >= 0.3 is 5.69 Å². The quantitative estimate of drug-likeness (QED) is 0.252. The van der Waals surface area contributed by atoms with Crippen molar-refractivity contribution in [1.29, 1.82) is 0 Å². The molecule has 0 radical (unpaired) electrons. The molecule has 2 atom stereocenters. The molecular weight excluding hydrogens is 451 g/mol. The summed E-state index contributed by atoms with van der Waals surface area (Å²) in [6.45, 7) is 8.86. The number of rotatable bonds is 11. The molecule has 0 fully saturated rings. The Labute approximate surface area is 202 Å². The first-order chi connectivity index (χ1) is 15.4. The molecule has 0 aliphatic heterocycles. The van der Waals surface area contributed by atoms with E-state index in [-0.39, 0.29) is 0 Å². The summed E-state index contributed by atoms with van der Waals surface area (Å²) >= 11 is 7.66. The van der Waals surface area contributed by atoms with Crippen LogP contribution in [0.25, 0.3) is 0 Å². The molecule has 32 heavy (non-hydrogen) atoms. The Morgan fingerprint density at radius 2 is 1.25 bits per heavy atom. The predicted octanol–water partition coefficient (Wildman–Crippen LogP) is 9.33. The zero-order valence-electron chi connectivity index (χ0n) is 19.4. The lowest BCUT2D eigenvalue weighted by molar-refractivity contribution is 0.504. The molecule has 0 spiro atoms. The van der Waals surface area contributed by atoms with E-state index < -0.39 is 5.69 Å². The first-order valence-corrected chi connectivity index (χ1v) is 15.5. The second kappa shape index (κ2) is 11.9. The summed E-state index contributed by atoms with van der Waals surface area (Å²) in [4.78, 5) is 0. The molecule has 0 N–H and O–H groups in total. The first-order valence-electron chi connectivity index (χ1n) is 11.3. The molecule has 0 aromatic heterocycles. The van der Waals surface area contributed by atoms with Crippen molar-refractivity contribution in [2.24, 2.45) is 0 Å². The second-order valence-electron chi connectivity index (χ2n) is 8.15. The Balaban J connectivity index is 1.86. The van der Waals surface area contributed by atoms with Crippen molar-refractivity contribution in [3.05, 3.63) is 95.6 Å². The lowest BCUT2D eigenvalue weighted by atomic mass is 9.99. The molecule has 0 saturated heterocycles. The van der Waals surface area contributed by atoms with Crippen molar-refractivity contribution in [3.8, 4) is 11.5 Å². The molecule has 0 aliphatic carbocycles. The molecule has 5 heteroatoms. The highest BCUT2D eigenvalue weighted by molar-refractivity contribution is 8.67. The summed E-state index contributed by atoms with van der Waals surface area (Å²) in [6, 6.07) is 26.9. The summed E-state index contributed by atoms with van der Waals surface area (Å²) in [5.74, 6) is 3.26. The minimum Gasteiger partial charge on any atom is -0.428 e. The van der Waals surface area contributed by atoms with Crippen LogP contribution in [0.3, 0.4) is 0 Å². The van der Waals surface area contributed by atoms with E-state index in [1.165, 1.54) is 16.7 Å². The number of hydrogen-bond acceptors (Lipinski definition) is 4.